The number of nitrogens with zero attached hydrogens (tertiary/aromatic N) is 6. The van der Waals surface area contributed by atoms with Crippen LogP contribution in [0.25, 0.3) is 16.6 Å². The zero-order valence-electron chi connectivity index (χ0n) is 19.0. The van der Waals surface area contributed by atoms with Gasteiger partial charge in [-0.25, -0.2) is 13.4 Å². The van der Waals surface area contributed by atoms with Gasteiger partial charge in [0.05, 0.1) is 10.4 Å². The molecule has 2 saturated heterocycles. The van der Waals surface area contributed by atoms with Gasteiger partial charge in [-0.2, -0.15) is 4.52 Å². The van der Waals surface area contributed by atoms with Gasteiger partial charge in [-0.1, -0.05) is 42.0 Å². The van der Waals surface area contributed by atoms with Gasteiger partial charge in [-0.15, -0.1) is 5.10 Å². The first kappa shape index (κ1) is 21.5. The molecule has 176 valence electrons. The molecule has 0 bridgehead atoms. The molecule has 9 heteroatoms. The van der Waals surface area contributed by atoms with Gasteiger partial charge in [0.1, 0.15) is 5.82 Å². The van der Waals surface area contributed by atoms with E-state index in [4.69, 9.17) is 4.98 Å². The molecule has 2 aliphatic rings. The second-order valence-corrected chi connectivity index (χ2v) is 11.1. The molecule has 2 aromatic heterocycles. The topological polar surface area (TPSA) is 83.7 Å². The number of aromatic nitrogens is 4. The summed E-state index contributed by atoms with van der Waals surface area (Å²) in [5.74, 6) is 0.812. The Kier molecular flexibility index (Phi) is 5.45. The van der Waals surface area contributed by atoms with Crippen LogP contribution in [0, 0.1) is 0 Å². The predicted molar refractivity (Wildman–Crippen MR) is 131 cm³/mol. The molecule has 0 spiro atoms. The Morgan fingerprint density at radius 1 is 0.824 bits per heavy atom. The van der Waals surface area contributed by atoms with Gasteiger partial charge in [0, 0.05) is 24.5 Å². The minimum atomic E-state index is -3.84. The highest BCUT2D eigenvalue weighted by Crippen LogP contribution is 2.32. The molecule has 2 aromatic carbocycles. The maximum Gasteiger partial charge on any atom is 0.229 e. The SMILES string of the molecule is O=S(=O)(c1ccccc1)c1nnn2c1nc(N1CCC(N3CCCCC3)CC1)c1ccccc12. The van der Waals surface area contributed by atoms with Crippen LogP contribution in [0.5, 0.6) is 0 Å². The number of hydrogen-bond acceptors (Lipinski definition) is 7. The van der Waals surface area contributed by atoms with Crippen molar-refractivity contribution in [2.24, 2.45) is 0 Å². The van der Waals surface area contributed by atoms with E-state index in [-0.39, 0.29) is 15.6 Å². The van der Waals surface area contributed by atoms with Gasteiger partial charge >= 0.3 is 0 Å². The van der Waals surface area contributed by atoms with E-state index in [0.29, 0.717) is 6.04 Å². The molecule has 0 radical (unpaired) electrons. The Balaban J connectivity index is 1.40. The molecule has 6 rings (SSSR count). The Bertz CT molecular complexity index is 1420. The van der Waals surface area contributed by atoms with Crippen LogP contribution in [0.4, 0.5) is 5.82 Å². The van der Waals surface area contributed by atoms with Crippen molar-refractivity contribution in [3.8, 4) is 0 Å². The van der Waals surface area contributed by atoms with Crippen LogP contribution < -0.4 is 4.90 Å². The summed E-state index contributed by atoms with van der Waals surface area (Å²) in [4.78, 5) is 10.0. The third-order valence-electron chi connectivity index (χ3n) is 7.18. The first-order valence-corrected chi connectivity index (χ1v) is 13.5. The quantitative estimate of drug-likeness (QED) is 0.445. The average Bonchev–Trinajstić information content (AvgIpc) is 3.35. The summed E-state index contributed by atoms with van der Waals surface area (Å²) < 4.78 is 28.3. The highest BCUT2D eigenvalue weighted by Gasteiger charge is 2.30. The second kappa shape index (κ2) is 8.63. The van der Waals surface area contributed by atoms with E-state index in [9.17, 15) is 8.42 Å². The van der Waals surface area contributed by atoms with E-state index in [1.165, 1.54) is 32.4 Å². The molecule has 2 fully saturated rings. The Hall–Kier alpha value is -3.04. The number of benzene rings is 2. The maximum absolute atomic E-state index is 13.4. The van der Waals surface area contributed by atoms with E-state index in [1.807, 2.05) is 24.3 Å². The van der Waals surface area contributed by atoms with Gasteiger partial charge in [-0.05, 0) is 63.0 Å². The summed E-state index contributed by atoms with van der Waals surface area (Å²) in [5.41, 5.74) is 1.08. The first-order valence-electron chi connectivity index (χ1n) is 12.1. The molecule has 0 N–H and O–H groups in total. The number of hydrogen-bond donors (Lipinski definition) is 0. The fraction of sp³-hybridized carbons (Fsp3) is 0.400. The minimum absolute atomic E-state index is 0.103. The van der Waals surface area contributed by atoms with Crippen LogP contribution in [-0.4, -0.2) is 65.4 Å². The number of piperidine rings is 2. The van der Waals surface area contributed by atoms with Gasteiger partial charge in [0.25, 0.3) is 0 Å². The lowest BCUT2D eigenvalue weighted by atomic mass is 9.99. The Labute approximate surface area is 199 Å². The van der Waals surface area contributed by atoms with Crippen LogP contribution in [0.15, 0.2) is 64.5 Å². The smallest absolute Gasteiger partial charge is 0.229 e. The second-order valence-electron chi connectivity index (χ2n) is 9.21. The average molecular weight is 477 g/mol. The van der Waals surface area contributed by atoms with E-state index in [0.717, 1.165) is 42.7 Å². The van der Waals surface area contributed by atoms with Gasteiger partial charge in [0.15, 0.2) is 5.65 Å². The molecule has 2 aliphatic heterocycles. The summed E-state index contributed by atoms with van der Waals surface area (Å²) >= 11 is 0. The van der Waals surface area contributed by atoms with E-state index < -0.39 is 9.84 Å². The largest absolute Gasteiger partial charge is 0.356 e. The van der Waals surface area contributed by atoms with Gasteiger partial charge in [0.2, 0.25) is 14.9 Å². The van der Waals surface area contributed by atoms with Crippen LogP contribution in [0.1, 0.15) is 32.1 Å². The molecule has 0 saturated carbocycles. The molecule has 8 nitrogen and oxygen atoms in total. The molecule has 0 amide bonds. The van der Waals surface area contributed by atoms with E-state index in [1.54, 1.807) is 34.8 Å². The van der Waals surface area contributed by atoms with Crippen molar-refractivity contribution in [2.75, 3.05) is 31.1 Å². The Morgan fingerprint density at radius 3 is 2.29 bits per heavy atom. The molecule has 0 atom stereocenters. The lowest BCUT2D eigenvalue weighted by molar-refractivity contribution is 0.141. The predicted octanol–water partition coefficient (Wildman–Crippen LogP) is 3.57. The summed E-state index contributed by atoms with van der Waals surface area (Å²) in [6.07, 6.45) is 6.13. The van der Waals surface area contributed by atoms with Crippen molar-refractivity contribution in [1.82, 2.24) is 24.7 Å². The minimum Gasteiger partial charge on any atom is -0.356 e. The van der Waals surface area contributed by atoms with Crippen molar-refractivity contribution in [1.29, 1.82) is 0 Å². The van der Waals surface area contributed by atoms with Crippen molar-refractivity contribution in [3.05, 3.63) is 54.6 Å². The number of rotatable bonds is 4. The zero-order valence-corrected chi connectivity index (χ0v) is 19.9. The van der Waals surface area contributed by atoms with E-state index >= 15 is 0 Å². The van der Waals surface area contributed by atoms with Crippen molar-refractivity contribution < 1.29 is 8.42 Å². The fourth-order valence-electron chi connectivity index (χ4n) is 5.38. The van der Waals surface area contributed by atoms with Crippen LogP contribution in [0.2, 0.25) is 0 Å². The van der Waals surface area contributed by atoms with Gasteiger partial charge in [-0.3, -0.25) is 0 Å². The molecule has 0 aliphatic carbocycles. The normalized spacial score (nSPS) is 18.6. The number of sulfone groups is 1. The molecule has 34 heavy (non-hydrogen) atoms. The molecular weight excluding hydrogens is 448 g/mol. The highest BCUT2D eigenvalue weighted by atomic mass is 32.2. The van der Waals surface area contributed by atoms with E-state index in [2.05, 4.69) is 20.1 Å². The molecule has 4 heterocycles. The number of fused-ring (bicyclic) bond motifs is 3. The monoisotopic (exact) mass is 476 g/mol. The summed E-state index contributed by atoms with van der Waals surface area (Å²) in [7, 11) is -3.84. The third-order valence-corrected chi connectivity index (χ3v) is 8.85. The first-order chi connectivity index (χ1) is 16.6. The molecule has 0 unspecified atom stereocenters. The molecular formula is C25H28N6O2S. The van der Waals surface area contributed by atoms with Gasteiger partial charge < -0.3 is 9.80 Å². The fourth-order valence-corrected chi connectivity index (χ4v) is 6.64. The standard InChI is InChI=1S/C25H28N6O2S/c32-34(33,20-9-3-1-4-10-20)25-24-26-23(21-11-5-6-12-22(21)31(24)28-27-25)30-17-13-19(14-18-30)29-15-7-2-8-16-29/h1,3-6,9-12,19H,2,7-8,13-18H2. The summed E-state index contributed by atoms with van der Waals surface area (Å²) in [6.45, 7) is 4.22. The third kappa shape index (κ3) is 3.63. The van der Waals surface area contributed by atoms with Crippen molar-refractivity contribution >= 4 is 32.2 Å². The van der Waals surface area contributed by atoms with Crippen LogP contribution >= 0.6 is 0 Å². The highest BCUT2D eigenvalue weighted by molar-refractivity contribution is 7.91. The lowest BCUT2D eigenvalue weighted by Gasteiger charge is -2.40. The lowest BCUT2D eigenvalue weighted by Crippen LogP contribution is -2.47. The Morgan fingerprint density at radius 2 is 1.53 bits per heavy atom. The van der Waals surface area contributed by atoms with Crippen LogP contribution in [-0.2, 0) is 9.84 Å². The van der Waals surface area contributed by atoms with Crippen LogP contribution in [0.3, 0.4) is 0 Å². The number of likely N-dealkylation sites (tertiary alicyclic amines) is 1. The maximum atomic E-state index is 13.4. The summed E-state index contributed by atoms with van der Waals surface area (Å²) in [6, 6.07) is 16.9. The number of para-hydroxylation sites is 1. The zero-order chi connectivity index (χ0) is 23.1. The summed E-state index contributed by atoms with van der Waals surface area (Å²) in [5, 5.41) is 9.14. The van der Waals surface area contributed by atoms with Crippen molar-refractivity contribution in [3.63, 3.8) is 0 Å². The molecule has 4 aromatic rings. The number of anilines is 1. The van der Waals surface area contributed by atoms with Crippen molar-refractivity contribution in [2.45, 2.75) is 48.1 Å².